The number of benzene rings is 1. The van der Waals surface area contributed by atoms with E-state index in [0.29, 0.717) is 23.1 Å². The van der Waals surface area contributed by atoms with E-state index >= 15 is 0 Å². The van der Waals surface area contributed by atoms with Crippen molar-refractivity contribution in [2.45, 2.75) is 12.5 Å². The third-order valence-electron chi connectivity index (χ3n) is 3.55. The van der Waals surface area contributed by atoms with Crippen molar-refractivity contribution >= 4 is 34.0 Å². The maximum atomic E-state index is 13.0. The molecule has 2 heterocycles. The molecule has 6 nitrogen and oxygen atoms in total. The minimum absolute atomic E-state index is 0.101. The quantitative estimate of drug-likeness (QED) is 0.895. The Balaban J connectivity index is 1.65. The van der Waals surface area contributed by atoms with Crippen molar-refractivity contribution in [2.24, 2.45) is 0 Å². The lowest BCUT2D eigenvalue weighted by Crippen LogP contribution is -2.37. The molecule has 2 aromatic rings. The van der Waals surface area contributed by atoms with E-state index in [-0.39, 0.29) is 30.1 Å². The maximum Gasteiger partial charge on any atom is 0.271 e. The van der Waals surface area contributed by atoms with Crippen LogP contribution in [0.15, 0.2) is 29.6 Å². The Labute approximate surface area is 136 Å². The molecule has 1 aliphatic rings. The average molecular weight is 334 g/mol. The first-order valence-electron chi connectivity index (χ1n) is 7.07. The number of nitrogens with zero attached hydrogens (tertiary/aromatic N) is 2. The lowest BCUT2D eigenvalue weighted by Gasteiger charge is -2.17. The summed E-state index contributed by atoms with van der Waals surface area (Å²) in [6.07, 6.45) is 0.214. The van der Waals surface area contributed by atoms with Gasteiger partial charge in [-0.1, -0.05) is 0 Å². The van der Waals surface area contributed by atoms with Crippen LogP contribution < -0.4 is 15.5 Å². The van der Waals surface area contributed by atoms with E-state index in [1.54, 1.807) is 29.5 Å². The van der Waals surface area contributed by atoms with Gasteiger partial charge in [-0.15, -0.1) is 11.3 Å². The van der Waals surface area contributed by atoms with Gasteiger partial charge in [-0.3, -0.25) is 9.59 Å². The smallest absolute Gasteiger partial charge is 0.271 e. The first-order valence-corrected chi connectivity index (χ1v) is 7.95. The molecule has 1 aromatic carbocycles. The van der Waals surface area contributed by atoms with Crippen LogP contribution in [0, 0.1) is 5.82 Å². The number of anilines is 2. The van der Waals surface area contributed by atoms with Crippen LogP contribution in [0.25, 0.3) is 0 Å². The highest BCUT2D eigenvalue weighted by atomic mass is 32.1. The number of hydrogen-bond acceptors (Lipinski definition) is 5. The lowest BCUT2D eigenvalue weighted by atomic mass is 10.2. The number of rotatable bonds is 4. The summed E-state index contributed by atoms with van der Waals surface area (Å²) in [6, 6.07) is 5.43. The van der Waals surface area contributed by atoms with Crippen molar-refractivity contribution in [3.63, 3.8) is 0 Å². The van der Waals surface area contributed by atoms with Gasteiger partial charge in [-0.2, -0.15) is 0 Å². The van der Waals surface area contributed by atoms with Crippen molar-refractivity contribution in [2.75, 3.05) is 23.8 Å². The Morgan fingerprint density at radius 2 is 2.13 bits per heavy atom. The van der Waals surface area contributed by atoms with Crippen LogP contribution in [0.5, 0.6) is 0 Å². The average Bonchev–Trinajstić information content (AvgIpc) is 3.15. The number of amides is 2. The third-order valence-corrected chi connectivity index (χ3v) is 4.41. The molecule has 1 atom stereocenters. The van der Waals surface area contributed by atoms with Crippen molar-refractivity contribution in [1.82, 2.24) is 10.3 Å². The Kier molecular flexibility index (Phi) is 4.24. The van der Waals surface area contributed by atoms with Crippen LogP contribution in [-0.2, 0) is 4.79 Å². The number of nitrogens with one attached hydrogen (secondary N) is 2. The summed E-state index contributed by atoms with van der Waals surface area (Å²) >= 11 is 1.34. The normalized spacial score (nSPS) is 17.4. The number of carbonyl (C=O) groups is 2. The van der Waals surface area contributed by atoms with Gasteiger partial charge in [0.05, 0.1) is 6.04 Å². The maximum absolute atomic E-state index is 13.0. The van der Waals surface area contributed by atoms with Gasteiger partial charge in [-0.25, -0.2) is 9.37 Å². The fourth-order valence-corrected chi connectivity index (χ4v) is 3.08. The van der Waals surface area contributed by atoms with Crippen LogP contribution in [0.4, 0.5) is 15.2 Å². The van der Waals surface area contributed by atoms with Gasteiger partial charge < -0.3 is 15.5 Å². The van der Waals surface area contributed by atoms with E-state index in [2.05, 4.69) is 15.6 Å². The van der Waals surface area contributed by atoms with Crippen molar-refractivity contribution in [3.05, 3.63) is 41.2 Å². The zero-order chi connectivity index (χ0) is 16.4. The molecule has 1 fully saturated rings. The summed E-state index contributed by atoms with van der Waals surface area (Å²) in [7, 11) is 1.73. The summed E-state index contributed by atoms with van der Waals surface area (Å²) in [5, 5.41) is 8.01. The van der Waals surface area contributed by atoms with Gasteiger partial charge in [0, 0.05) is 31.1 Å². The van der Waals surface area contributed by atoms with Crippen LogP contribution in [-0.4, -0.2) is 36.4 Å². The molecule has 1 aromatic heterocycles. The van der Waals surface area contributed by atoms with Gasteiger partial charge >= 0.3 is 0 Å². The Morgan fingerprint density at radius 1 is 1.39 bits per heavy atom. The highest BCUT2D eigenvalue weighted by Gasteiger charge is 2.32. The molecule has 2 N–H and O–H groups in total. The van der Waals surface area contributed by atoms with Gasteiger partial charge in [0.1, 0.15) is 11.5 Å². The second-order valence-electron chi connectivity index (χ2n) is 5.14. The molecule has 0 aliphatic carbocycles. The molecule has 8 heteroatoms. The summed E-state index contributed by atoms with van der Waals surface area (Å²) in [5.74, 6) is -0.758. The van der Waals surface area contributed by atoms with E-state index in [0.717, 1.165) is 0 Å². The molecule has 0 bridgehead atoms. The highest BCUT2D eigenvalue weighted by Crippen LogP contribution is 2.22. The van der Waals surface area contributed by atoms with E-state index in [4.69, 9.17) is 0 Å². The minimum atomic E-state index is -0.353. The molecule has 0 unspecified atom stereocenters. The first-order chi connectivity index (χ1) is 11.1. The van der Waals surface area contributed by atoms with Crippen LogP contribution in [0.2, 0.25) is 0 Å². The molecule has 0 radical (unpaired) electrons. The summed E-state index contributed by atoms with van der Waals surface area (Å²) < 4.78 is 13.0. The fraction of sp³-hybridized carbons (Fsp3) is 0.267. The summed E-state index contributed by atoms with van der Waals surface area (Å²) in [4.78, 5) is 29.9. The Morgan fingerprint density at radius 3 is 2.78 bits per heavy atom. The monoisotopic (exact) mass is 334 g/mol. The van der Waals surface area contributed by atoms with Crippen LogP contribution in [0.3, 0.4) is 0 Å². The standard InChI is InChI=1S/C15H15FN4O2S/c1-17-15-19-12(8-23-15)14(22)18-10-6-13(21)20(7-10)11-4-2-9(16)3-5-11/h2-5,8,10H,6-7H2,1H3,(H,17,19)(H,18,22)/t10-/m0/s1. The molecule has 2 amide bonds. The molecular formula is C15H15FN4O2S. The number of carbonyl (C=O) groups excluding carboxylic acids is 2. The summed E-state index contributed by atoms with van der Waals surface area (Å²) in [6.45, 7) is 0.360. The number of aromatic nitrogens is 1. The largest absolute Gasteiger partial charge is 0.365 e. The van der Waals surface area contributed by atoms with Crippen LogP contribution in [0.1, 0.15) is 16.9 Å². The molecule has 1 aliphatic heterocycles. The number of hydrogen-bond donors (Lipinski definition) is 2. The first kappa shape index (κ1) is 15.4. The molecular weight excluding hydrogens is 319 g/mol. The van der Waals surface area contributed by atoms with Crippen molar-refractivity contribution in [3.8, 4) is 0 Å². The van der Waals surface area contributed by atoms with E-state index < -0.39 is 0 Å². The second-order valence-corrected chi connectivity index (χ2v) is 6.00. The van der Waals surface area contributed by atoms with Crippen LogP contribution >= 0.6 is 11.3 Å². The molecule has 0 spiro atoms. The molecule has 1 saturated heterocycles. The topological polar surface area (TPSA) is 74.3 Å². The lowest BCUT2D eigenvalue weighted by molar-refractivity contribution is -0.117. The zero-order valence-corrected chi connectivity index (χ0v) is 13.2. The SMILES string of the molecule is CNc1nc(C(=O)N[C@H]2CC(=O)N(c3ccc(F)cc3)C2)cs1. The number of halogens is 1. The number of thiazole rings is 1. The van der Waals surface area contributed by atoms with E-state index in [9.17, 15) is 14.0 Å². The Hall–Kier alpha value is -2.48. The van der Waals surface area contributed by atoms with Crippen molar-refractivity contribution in [1.29, 1.82) is 0 Å². The second kappa shape index (κ2) is 6.33. The van der Waals surface area contributed by atoms with Gasteiger partial charge in [0.25, 0.3) is 5.91 Å². The van der Waals surface area contributed by atoms with E-state index in [1.807, 2.05) is 0 Å². The Bertz CT molecular complexity index is 731. The third kappa shape index (κ3) is 3.31. The molecule has 23 heavy (non-hydrogen) atoms. The highest BCUT2D eigenvalue weighted by molar-refractivity contribution is 7.13. The van der Waals surface area contributed by atoms with Gasteiger partial charge in [-0.05, 0) is 24.3 Å². The van der Waals surface area contributed by atoms with Gasteiger partial charge in [0.2, 0.25) is 5.91 Å². The molecule has 3 rings (SSSR count). The fourth-order valence-electron chi connectivity index (χ4n) is 2.43. The molecule has 0 saturated carbocycles. The van der Waals surface area contributed by atoms with Crippen molar-refractivity contribution < 1.29 is 14.0 Å². The summed E-state index contributed by atoms with van der Waals surface area (Å²) in [5.41, 5.74) is 0.950. The minimum Gasteiger partial charge on any atom is -0.365 e. The predicted molar refractivity (Wildman–Crippen MR) is 86.3 cm³/mol. The van der Waals surface area contributed by atoms with E-state index in [1.165, 1.54) is 23.5 Å². The van der Waals surface area contributed by atoms with Gasteiger partial charge in [0.15, 0.2) is 5.13 Å². The molecule has 120 valence electrons. The zero-order valence-electron chi connectivity index (χ0n) is 12.4. The predicted octanol–water partition coefficient (Wildman–Crippen LogP) is 1.86.